The summed E-state index contributed by atoms with van der Waals surface area (Å²) in [6.07, 6.45) is 1.37. The summed E-state index contributed by atoms with van der Waals surface area (Å²) in [7, 11) is 0. The first kappa shape index (κ1) is 26.7. The van der Waals surface area contributed by atoms with Crippen molar-refractivity contribution in [3.8, 4) is 0 Å². The Morgan fingerprint density at radius 1 is 0.697 bits per heavy atom. The van der Waals surface area contributed by atoms with Gasteiger partial charge in [0.25, 0.3) is 0 Å². The summed E-state index contributed by atoms with van der Waals surface area (Å²) in [5, 5.41) is 0. The van der Waals surface area contributed by atoms with Gasteiger partial charge in [0, 0.05) is 11.1 Å². The zero-order valence-corrected chi connectivity index (χ0v) is 21.5. The Morgan fingerprint density at radius 3 is 1.48 bits per heavy atom. The molecule has 5 heteroatoms. The predicted octanol–water partition coefficient (Wildman–Crippen LogP) is 7.16. The molecule has 1 aliphatic rings. The topological polar surface area (TPSA) is 60.2 Å². The van der Waals surface area contributed by atoms with E-state index in [4.69, 9.17) is 5.73 Å². The van der Waals surface area contributed by atoms with Gasteiger partial charge in [0.15, 0.2) is 5.78 Å². The smallest absolute Gasteiger partial charge is 0.248 e. The van der Waals surface area contributed by atoms with Crippen molar-refractivity contribution in [2.24, 2.45) is 5.73 Å². The molecular formula is C28H33NO2S2. The molecule has 1 amide bonds. The molecule has 0 spiro atoms. The van der Waals surface area contributed by atoms with Crippen LogP contribution < -0.4 is 5.73 Å². The van der Waals surface area contributed by atoms with Crippen LogP contribution >= 0.6 is 23.5 Å². The monoisotopic (exact) mass is 479 g/mol. The van der Waals surface area contributed by atoms with Gasteiger partial charge in [0.1, 0.15) is 0 Å². The molecule has 2 N–H and O–H groups in total. The average molecular weight is 480 g/mol. The van der Waals surface area contributed by atoms with E-state index in [1.807, 2.05) is 50.2 Å². The van der Waals surface area contributed by atoms with Crippen molar-refractivity contribution in [3.05, 3.63) is 106 Å². The molecule has 3 aromatic rings. The lowest BCUT2D eigenvalue weighted by Crippen LogP contribution is -2.10. The molecule has 1 aliphatic heterocycles. The summed E-state index contributed by atoms with van der Waals surface area (Å²) in [6, 6.07) is 23.7. The van der Waals surface area contributed by atoms with Crippen LogP contribution in [0.15, 0.2) is 72.8 Å². The molecule has 1 heterocycles. The van der Waals surface area contributed by atoms with Gasteiger partial charge in [-0.1, -0.05) is 77.4 Å². The molecule has 1 saturated heterocycles. The fourth-order valence-electron chi connectivity index (χ4n) is 2.91. The van der Waals surface area contributed by atoms with E-state index in [9.17, 15) is 9.59 Å². The third-order valence-corrected chi connectivity index (χ3v) is 7.99. The molecular weight excluding hydrogens is 446 g/mol. The lowest BCUT2D eigenvalue weighted by Gasteiger charge is -2.21. The molecule has 3 nitrogen and oxygen atoms in total. The van der Waals surface area contributed by atoms with Crippen LogP contribution in [-0.4, -0.2) is 23.2 Å². The molecule has 0 unspecified atom stereocenters. The summed E-state index contributed by atoms with van der Waals surface area (Å²) < 4.78 is 0.689. The van der Waals surface area contributed by atoms with Crippen molar-refractivity contribution < 1.29 is 9.59 Å². The molecule has 0 atom stereocenters. The highest BCUT2D eigenvalue weighted by molar-refractivity contribution is 8.16. The Hall–Kier alpha value is -2.50. The number of hydrogen-bond acceptors (Lipinski definition) is 4. The van der Waals surface area contributed by atoms with Gasteiger partial charge in [0.05, 0.1) is 4.58 Å². The fourth-order valence-corrected chi connectivity index (χ4v) is 5.80. The van der Waals surface area contributed by atoms with Crippen LogP contribution in [0.25, 0.3) is 0 Å². The molecule has 3 aromatic carbocycles. The van der Waals surface area contributed by atoms with Crippen molar-refractivity contribution >= 4 is 35.2 Å². The number of Topliss-reactive ketones (excluding diaryl/α,β-unsaturated/α-hetero) is 1. The molecule has 0 aromatic heterocycles. The van der Waals surface area contributed by atoms with Crippen molar-refractivity contribution in [1.82, 2.24) is 0 Å². The standard InChI is InChI=1S/C11H14S2.C9H10O.C8H9NO/c1-9-3-5-10(6-4-9)11-12-7-2-8-13-11;1-7-3-5-9(6-4-7)8(2)10;1-6-2-4-7(5-3-6)8(9)10/h3-6,11H,2,7-8H2,1H3;3-6H,1-2H3;2-5H,1H3,(H2,9,10). The highest BCUT2D eigenvalue weighted by atomic mass is 32.2. The maximum absolute atomic E-state index is 10.8. The fraction of sp³-hybridized carbons (Fsp3) is 0.286. The Morgan fingerprint density at radius 2 is 1.09 bits per heavy atom. The van der Waals surface area contributed by atoms with Crippen molar-refractivity contribution in [2.75, 3.05) is 11.5 Å². The van der Waals surface area contributed by atoms with Crippen LogP contribution in [0.3, 0.4) is 0 Å². The minimum atomic E-state index is -0.375. The first-order chi connectivity index (χ1) is 15.8. The van der Waals surface area contributed by atoms with Crippen LogP contribution in [-0.2, 0) is 0 Å². The van der Waals surface area contributed by atoms with Crippen LogP contribution in [0, 0.1) is 20.8 Å². The number of carbonyl (C=O) groups excluding carboxylic acids is 2. The van der Waals surface area contributed by atoms with E-state index in [2.05, 4.69) is 54.7 Å². The first-order valence-electron chi connectivity index (χ1n) is 11.0. The van der Waals surface area contributed by atoms with Gasteiger partial charge >= 0.3 is 0 Å². The van der Waals surface area contributed by atoms with Gasteiger partial charge < -0.3 is 5.73 Å². The highest BCUT2D eigenvalue weighted by Crippen LogP contribution is 2.43. The SMILES string of the molecule is CC(=O)c1ccc(C)cc1.Cc1ccc(C(N)=O)cc1.Cc1ccc(C2SCCCS2)cc1. The maximum atomic E-state index is 10.8. The van der Waals surface area contributed by atoms with Crippen LogP contribution in [0.2, 0.25) is 0 Å². The number of carbonyl (C=O) groups is 2. The van der Waals surface area contributed by atoms with Crippen molar-refractivity contribution in [3.63, 3.8) is 0 Å². The van der Waals surface area contributed by atoms with E-state index in [1.54, 1.807) is 19.1 Å². The number of ketones is 1. The van der Waals surface area contributed by atoms with Gasteiger partial charge in [-0.15, -0.1) is 23.5 Å². The third-order valence-electron chi connectivity index (χ3n) is 4.97. The number of aryl methyl sites for hydroxylation is 3. The first-order valence-corrected chi connectivity index (χ1v) is 13.1. The van der Waals surface area contributed by atoms with Gasteiger partial charge in [-0.3, -0.25) is 9.59 Å². The van der Waals surface area contributed by atoms with Crippen LogP contribution in [0.4, 0.5) is 0 Å². The van der Waals surface area contributed by atoms with E-state index < -0.39 is 0 Å². The minimum Gasteiger partial charge on any atom is -0.366 e. The summed E-state index contributed by atoms with van der Waals surface area (Å²) in [5.74, 6) is 2.40. The number of rotatable bonds is 3. The van der Waals surface area contributed by atoms with E-state index in [1.165, 1.54) is 34.6 Å². The summed E-state index contributed by atoms with van der Waals surface area (Å²) in [5.41, 5.74) is 11.5. The number of nitrogens with two attached hydrogens (primary N) is 1. The van der Waals surface area contributed by atoms with Crippen molar-refractivity contribution in [2.45, 2.75) is 38.7 Å². The average Bonchev–Trinajstić information content (AvgIpc) is 2.81. The number of hydrogen-bond donors (Lipinski definition) is 1. The number of primary amides is 1. The summed E-state index contributed by atoms with van der Waals surface area (Å²) >= 11 is 4.17. The summed E-state index contributed by atoms with van der Waals surface area (Å²) in [6.45, 7) is 7.68. The largest absolute Gasteiger partial charge is 0.366 e. The molecule has 4 rings (SSSR count). The van der Waals surface area contributed by atoms with Gasteiger partial charge in [0.2, 0.25) is 5.91 Å². The zero-order valence-electron chi connectivity index (χ0n) is 19.8. The molecule has 33 heavy (non-hydrogen) atoms. The van der Waals surface area contributed by atoms with E-state index >= 15 is 0 Å². The lowest BCUT2D eigenvalue weighted by atomic mass is 10.1. The predicted molar refractivity (Wildman–Crippen MR) is 144 cm³/mol. The molecule has 0 aliphatic carbocycles. The molecule has 0 saturated carbocycles. The number of benzene rings is 3. The Balaban J connectivity index is 0.000000178. The highest BCUT2D eigenvalue weighted by Gasteiger charge is 2.15. The Bertz CT molecular complexity index is 952. The van der Waals surface area contributed by atoms with Crippen LogP contribution in [0.1, 0.15) is 60.9 Å². The lowest BCUT2D eigenvalue weighted by molar-refractivity contribution is 0.0996. The second-order valence-electron chi connectivity index (χ2n) is 7.99. The number of amides is 1. The quantitative estimate of drug-likeness (QED) is 0.405. The van der Waals surface area contributed by atoms with Gasteiger partial charge in [-0.05, 0) is 63.3 Å². The second kappa shape index (κ2) is 13.9. The molecule has 174 valence electrons. The van der Waals surface area contributed by atoms with E-state index in [-0.39, 0.29) is 11.7 Å². The van der Waals surface area contributed by atoms with E-state index in [0.29, 0.717) is 10.1 Å². The second-order valence-corrected chi connectivity index (χ2v) is 10.7. The minimum absolute atomic E-state index is 0.125. The van der Waals surface area contributed by atoms with Crippen LogP contribution in [0.5, 0.6) is 0 Å². The van der Waals surface area contributed by atoms with Gasteiger partial charge in [-0.25, -0.2) is 0 Å². The Kier molecular flexibility index (Phi) is 11.3. The number of thioether (sulfide) groups is 2. The summed E-state index contributed by atoms with van der Waals surface area (Å²) in [4.78, 5) is 21.3. The zero-order chi connectivity index (χ0) is 24.2. The van der Waals surface area contributed by atoms with E-state index in [0.717, 1.165) is 11.1 Å². The molecule has 1 fully saturated rings. The van der Waals surface area contributed by atoms with Gasteiger partial charge in [-0.2, -0.15) is 0 Å². The van der Waals surface area contributed by atoms with Crippen molar-refractivity contribution in [1.29, 1.82) is 0 Å². The normalized spacial score (nSPS) is 13.1. The molecule has 0 radical (unpaired) electrons. The maximum Gasteiger partial charge on any atom is 0.248 e. The molecule has 0 bridgehead atoms. The third kappa shape index (κ3) is 9.89. The Labute approximate surface area is 206 Å².